The van der Waals surface area contributed by atoms with E-state index < -0.39 is 0 Å². The number of anilines is 2. The smallest absolute Gasteiger partial charge is 0.140 e. The van der Waals surface area contributed by atoms with Gasteiger partial charge in [-0.2, -0.15) is 0 Å². The lowest BCUT2D eigenvalue weighted by Crippen LogP contribution is -2.47. The summed E-state index contributed by atoms with van der Waals surface area (Å²) >= 11 is 1.65. The van der Waals surface area contributed by atoms with Gasteiger partial charge in [-0.15, -0.1) is 11.3 Å². The van der Waals surface area contributed by atoms with E-state index in [0.717, 1.165) is 53.8 Å². The fraction of sp³-hybridized carbons (Fsp3) is 0.312. The monoisotopic (exact) mass is 327 g/mol. The zero-order valence-electron chi connectivity index (χ0n) is 12.8. The third-order valence-electron chi connectivity index (χ3n) is 4.10. The van der Waals surface area contributed by atoms with Gasteiger partial charge < -0.3 is 14.5 Å². The van der Waals surface area contributed by atoms with Crippen LogP contribution < -0.4 is 14.5 Å². The molecule has 3 aromatic rings. The van der Waals surface area contributed by atoms with Crippen LogP contribution in [-0.4, -0.2) is 48.2 Å². The number of ether oxygens (including phenoxy) is 1. The van der Waals surface area contributed by atoms with Crippen molar-refractivity contribution in [2.75, 3.05) is 43.1 Å². The number of thiophene rings is 1. The Labute approximate surface area is 138 Å². The van der Waals surface area contributed by atoms with E-state index in [1.165, 1.54) is 0 Å². The predicted molar refractivity (Wildman–Crippen MR) is 92.6 cm³/mol. The maximum Gasteiger partial charge on any atom is 0.140 e. The molecule has 1 aliphatic rings. The van der Waals surface area contributed by atoms with E-state index in [1.54, 1.807) is 31.0 Å². The predicted octanol–water partition coefficient (Wildman–Crippen LogP) is 2.42. The summed E-state index contributed by atoms with van der Waals surface area (Å²) in [4.78, 5) is 18.9. The van der Waals surface area contributed by atoms with E-state index in [1.807, 2.05) is 12.1 Å². The molecule has 3 aromatic heterocycles. The standard InChI is InChI=1S/C16H17N5OS/c1-22-12-2-4-17-14(10-12)20-5-7-21(8-6-20)15-13-3-9-23-16(13)19-11-18-15/h2-4,9-11H,5-8H2,1H3. The van der Waals surface area contributed by atoms with Crippen LogP contribution in [0.5, 0.6) is 5.75 Å². The quantitative estimate of drug-likeness (QED) is 0.736. The number of hydrogen-bond acceptors (Lipinski definition) is 7. The molecular weight excluding hydrogens is 310 g/mol. The minimum absolute atomic E-state index is 0.841. The maximum atomic E-state index is 5.28. The minimum Gasteiger partial charge on any atom is -0.497 e. The van der Waals surface area contributed by atoms with E-state index in [2.05, 4.69) is 36.2 Å². The Morgan fingerprint density at radius 3 is 2.70 bits per heavy atom. The lowest BCUT2D eigenvalue weighted by molar-refractivity contribution is 0.414. The summed E-state index contributed by atoms with van der Waals surface area (Å²) in [6, 6.07) is 5.96. The molecule has 1 aliphatic heterocycles. The number of nitrogens with zero attached hydrogens (tertiary/aromatic N) is 5. The Hall–Kier alpha value is -2.41. The number of methoxy groups -OCH3 is 1. The Balaban J connectivity index is 1.51. The Kier molecular flexibility index (Phi) is 3.70. The first-order valence-corrected chi connectivity index (χ1v) is 8.41. The van der Waals surface area contributed by atoms with Gasteiger partial charge in [-0.05, 0) is 17.5 Å². The lowest BCUT2D eigenvalue weighted by atomic mass is 10.2. The first kappa shape index (κ1) is 14.2. The van der Waals surface area contributed by atoms with Gasteiger partial charge in [0.25, 0.3) is 0 Å². The topological polar surface area (TPSA) is 54.4 Å². The van der Waals surface area contributed by atoms with E-state index in [9.17, 15) is 0 Å². The van der Waals surface area contributed by atoms with Crippen LogP contribution in [0.15, 0.2) is 36.1 Å². The molecular formula is C16H17N5OS. The number of rotatable bonds is 3. The molecule has 0 atom stereocenters. The fourth-order valence-electron chi connectivity index (χ4n) is 2.88. The Morgan fingerprint density at radius 1 is 1.04 bits per heavy atom. The molecule has 0 unspecified atom stereocenters. The van der Waals surface area contributed by atoms with Crippen molar-refractivity contribution in [2.45, 2.75) is 0 Å². The molecule has 0 spiro atoms. The van der Waals surface area contributed by atoms with E-state index in [0.29, 0.717) is 0 Å². The zero-order valence-corrected chi connectivity index (χ0v) is 13.7. The number of pyridine rings is 1. The molecule has 23 heavy (non-hydrogen) atoms. The largest absolute Gasteiger partial charge is 0.497 e. The van der Waals surface area contributed by atoms with Gasteiger partial charge in [0.2, 0.25) is 0 Å². The van der Waals surface area contributed by atoms with Crippen molar-refractivity contribution >= 4 is 33.2 Å². The van der Waals surface area contributed by atoms with Crippen LogP contribution in [0.25, 0.3) is 10.2 Å². The number of hydrogen-bond donors (Lipinski definition) is 0. The molecule has 0 amide bonds. The van der Waals surface area contributed by atoms with Crippen LogP contribution in [0.3, 0.4) is 0 Å². The van der Waals surface area contributed by atoms with Gasteiger partial charge in [-0.25, -0.2) is 15.0 Å². The second-order valence-electron chi connectivity index (χ2n) is 5.36. The van der Waals surface area contributed by atoms with Crippen molar-refractivity contribution in [3.63, 3.8) is 0 Å². The second-order valence-corrected chi connectivity index (χ2v) is 6.26. The van der Waals surface area contributed by atoms with Gasteiger partial charge in [0.1, 0.15) is 28.5 Å². The summed E-state index contributed by atoms with van der Waals surface area (Å²) < 4.78 is 5.28. The molecule has 6 nitrogen and oxygen atoms in total. The molecule has 4 rings (SSSR count). The average molecular weight is 327 g/mol. The highest BCUT2D eigenvalue weighted by Crippen LogP contribution is 2.28. The van der Waals surface area contributed by atoms with Crippen molar-refractivity contribution in [1.29, 1.82) is 0 Å². The van der Waals surface area contributed by atoms with Crippen LogP contribution in [0, 0.1) is 0 Å². The molecule has 0 saturated carbocycles. The summed E-state index contributed by atoms with van der Waals surface area (Å²) in [5.41, 5.74) is 0. The van der Waals surface area contributed by atoms with Crippen molar-refractivity contribution in [3.8, 4) is 5.75 Å². The Morgan fingerprint density at radius 2 is 1.87 bits per heavy atom. The average Bonchev–Trinajstić information content (AvgIpc) is 3.11. The third kappa shape index (κ3) is 2.68. The highest BCUT2D eigenvalue weighted by molar-refractivity contribution is 7.16. The molecule has 0 aliphatic carbocycles. The van der Waals surface area contributed by atoms with Gasteiger partial charge in [0.15, 0.2) is 0 Å². The second kappa shape index (κ2) is 6.00. The van der Waals surface area contributed by atoms with Gasteiger partial charge in [0, 0.05) is 38.4 Å². The SMILES string of the molecule is COc1ccnc(N2CCN(c3ncnc4sccc34)CC2)c1. The summed E-state index contributed by atoms with van der Waals surface area (Å²) in [6.07, 6.45) is 3.45. The molecule has 0 aromatic carbocycles. The first-order chi connectivity index (χ1) is 11.3. The van der Waals surface area contributed by atoms with Crippen LogP contribution in [0.4, 0.5) is 11.6 Å². The number of piperazine rings is 1. The van der Waals surface area contributed by atoms with Crippen molar-refractivity contribution in [3.05, 3.63) is 36.1 Å². The van der Waals surface area contributed by atoms with Gasteiger partial charge >= 0.3 is 0 Å². The summed E-state index contributed by atoms with van der Waals surface area (Å²) in [7, 11) is 1.68. The molecule has 0 bridgehead atoms. The minimum atomic E-state index is 0.841. The summed E-state index contributed by atoms with van der Waals surface area (Å²) in [5.74, 6) is 2.84. The summed E-state index contributed by atoms with van der Waals surface area (Å²) in [5, 5.41) is 3.21. The van der Waals surface area contributed by atoms with Crippen LogP contribution in [-0.2, 0) is 0 Å². The highest BCUT2D eigenvalue weighted by atomic mass is 32.1. The lowest BCUT2D eigenvalue weighted by Gasteiger charge is -2.36. The fourth-order valence-corrected chi connectivity index (χ4v) is 3.60. The van der Waals surface area contributed by atoms with Crippen molar-refractivity contribution < 1.29 is 4.74 Å². The molecule has 1 fully saturated rings. The van der Waals surface area contributed by atoms with Crippen LogP contribution in [0.2, 0.25) is 0 Å². The van der Waals surface area contributed by atoms with Gasteiger partial charge in [0.05, 0.1) is 12.5 Å². The van der Waals surface area contributed by atoms with E-state index in [4.69, 9.17) is 4.74 Å². The Bertz CT molecular complexity index is 813. The molecule has 0 N–H and O–H groups in total. The van der Waals surface area contributed by atoms with Crippen LogP contribution >= 0.6 is 11.3 Å². The third-order valence-corrected chi connectivity index (χ3v) is 4.92. The van der Waals surface area contributed by atoms with E-state index in [-0.39, 0.29) is 0 Å². The van der Waals surface area contributed by atoms with Crippen molar-refractivity contribution in [1.82, 2.24) is 15.0 Å². The normalized spacial score (nSPS) is 15.2. The molecule has 118 valence electrons. The van der Waals surface area contributed by atoms with Crippen LogP contribution in [0.1, 0.15) is 0 Å². The molecule has 4 heterocycles. The molecule has 7 heteroatoms. The van der Waals surface area contributed by atoms with E-state index >= 15 is 0 Å². The maximum absolute atomic E-state index is 5.28. The van der Waals surface area contributed by atoms with Crippen molar-refractivity contribution in [2.24, 2.45) is 0 Å². The number of fused-ring (bicyclic) bond motifs is 1. The highest BCUT2D eigenvalue weighted by Gasteiger charge is 2.21. The zero-order chi connectivity index (χ0) is 15.6. The summed E-state index contributed by atoms with van der Waals surface area (Å²) in [6.45, 7) is 3.66. The van der Waals surface area contributed by atoms with Gasteiger partial charge in [-0.3, -0.25) is 0 Å². The molecule has 0 radical (unpaired) electrons. The number of aromatic nitrogens is 3. The van der Waals surface area contributed by atoms with Gasteiger partial charge in [-0.1, -0.05) is 0 Å². The first-order valence-electron chi connectivity index (χ1n) is 7.53. The molecule has 1 saturated heterocycles.